The average Bonchev–Trinajstić information content (AvgIpc) is 2.63. The maximum absolute atomic E-state index is 12.3. The van der Waals surface area contributed by atoms with E-state index in [2.05, 4.69) is 5.32 Å². The summed E-state index contributed by atoms with van der Waals surface area (Å²) in [5.74, 6) is -0.854. The zero-order valence-electron chi connectivity index (χ0n) is 15.5. The zero-order chi connectivity index (χ0) is 19.8. The van der Waals surface area contributed by atoms with Crippen molar-refractivity contribution in [3.63, 3.8) is 0 Å². The Hall–Kier alpha value is -2.53. The van der Waals surface area contributed by atoms with Crippen LogP contribution in [-0.4, -0.2) is 23.6 Å². The molecule has 0 aliphatic heterocycles. The second-order valence-corrected chi connectivity index (χ2v) is 6.79. The molecule has 1 amide bonds. The topological polar surface area (TPSA) is 75.6 Å². The van der Waals surface area contributed by atoms with Crippen molar-refractivity contribution in [3.05, 3.63) is 64.2 Å². The van der Waals surface area contributed by atoms with Crippen molar-refractivity contribution < 1.29 is 19.4 Å². The van der Waals surface area contributed by atoms with Crippen LogP contribution in [0.2, 0.25) is 5.02 Å². The summed E-state index contributed by atoms with van der Waals surface area (Å²) in [6.07, 6.45) is 2.06. The van der Waals surface area contributed by atoms with Gasteiger partial charge in [-0.1, -0.05) is 43.1 Å². The number of aromatic carboxylic acids is 1. The van der Waals surface area contributed by atoms with Gasteiger partial charge in [0.25, 0.3) is 0 Å². The third-order valence-electron chi connectivity index (χ3n) is 4.14. The van der Waals surface area contributed by atoms with Gasteiger partial charge in [-0.25, -0.2) is 4.79 Å². The Kier molecular flexibility index (Phi) is 7.67. The van der Waals surface area contributed by atoms with Crippen LogP contribution >= 0.6 is 11.6 Å². The number of nitrogens with one attached hydrogen (secondary N) is 1. The van der Waals surface area contributed by atoms with Crippen LogP contribution in [0, 0.1) is 0 Å². The molecule has 2 rings (SSSR count). The van der Waals surface area contributed by atoms with Crippen LogP contribution in [0.3, 0.4) is 0 Å². The third kappa shape index (κ3) is 6.29. The van der Waals surface area contributed by atoms with Gasteiger partial charge in [-0.3, -0.25) is 4.79 Å². The van der Waals surface area contributed by atoms with Crippen LogP contribution in [0.25, 0.3) is 0 Å². The van der Waals surface area contributed by atoms with Gasteiger partial charge >= 0.3 is 5.97 Å². The second kappa shape index (κ2) is 9.97. The molecule has 5 nitrogen and oxygen atoms in total. The number of carbonyl (C=O) groups is 2. The average molecular weight is 390 g/mol. The minimum Gasteiger partial charge on any atom is -0.493 e. The number of carbonyl (C=O) groups excluding carboxylic acids is 1. The SMILES string of the molecule is CCCCOc1ccc(C(C)NC(=O)Cc2ccc(Cl)cc2)cc1C(=O)O. The molecule has 0 radical (unpaired) electrons. The predicted octanol–water partition coefficient (Wildman–Crippen LogP) is 4.64. The maximum atomic E-state index is 12.3. The lowest BCUT2D eigenvalue weighted by Gasteiger charge is -2.17. The number of halogens is 1. The molecule has 0 saturated carbocycles. The van der Waals surface area contributed by atoms with Crippen molar-refractivity contribution in [2.24, 2.45) is 0 Å². The number of hydrogen-bond donors (Lipinski definition) is 2. The molecule has 0 aromatic heterocycles. The van der Waals surface area contributed by atoms with Crippen molar-refractivity contribution in [2.45, 2.75) is 39.2 Å². The monoisotopic (exact) mass is 389 g/mol. The molecule has 2 aromatic carbocycles. The van der Waals surface area contributed by atoms with Gasteiger partial charge in [0.1, 0.15) is 11.3 Å². The van der Waals surface area contributed by atoms with E-state index in [4.69, 9.17) is 16.3 Å². The van der Waals surface area contributed by atoms with Crippen LogP contribution in [0.1, 0.15) is 54.2 Å². The number of amides is 1. The standard InChI is InChI=1S/C21H24ClNO4/c1-3-4-11-27-19-10-7-16(13-18(19)21(25)26)14(2)23-20(24)12-15-5-8-17(22)9-6-15/h5-10,13-14H,3-4,11-12H2,1-2H3,(H,23,24)(H,25,26). The summed E-state index contributed by atoms with van der Waals surface area (Å²) < 4.78 is 5.56. The van der Waals surface area contributed by atoms with E-state index in [-0.39, 0.29) is 23.9 Å². The molecule has 27 heavy (non-hydrogen) atoms. The maximum Gasteiger partial charge on any atom is 0.339 e. The Bertz CT molecular complexity index is 789. The first kappa shape index (κ1) is 20.8. The van der Waals surface area contributed by atoms with Crippen molar-refractivity contribution in [1.29, 1.82) is 0 Å². The Labute approximate surface area is 164 Å². The van der Waals surface area contributed by atoms with Gasteiger partial charge in [0.05, 0.1) is 19.1 Å². The molecule has 144 valence electrons. The Balaban J connectivity index is 2.05. The van der Waals surface area contributed by atoms with Crippen LogP contribution in [0.5, 0.6) is 5.75 Å². The summed E-state index contributed by atoms with van der Waals surface area (Å²) in [6.45, 7) is 4.33. The highest BCUT2D eigenvalue weighted by atomic mass is 35.5. The van der Waals surface area contributed by atoms with E-state index in [9.17, 15) is 14.7 Å². The van der Waals surface area contributed by atoms with Crippen LogP contribution in [-0.2, 0) is 11.2 Å². The Morgan fingerprint density at radius 3 is 2.52 bits per heavy atom. The molecule has 0 bridgehead atoms. The molecule has 0 fully saturated rings. The Morgan fingerprint density at radius 1 is 1.19 bits per heavy atom. The first-order chi connectivity index (χ1) is 12.9. The summed E-state index contributed by atoms with van der Waals surface area (Å²) >= 11 is 5.85. The number of unbranched alkanes of at least 4 members (excludes halogenated alkanes) is 1. The minimum atomic E-state index is -1.05. The molecule has 0 aliphatic rings. The van der Waals surface area contributed by atoms with E-state index >= 15 is 0 Å². The van der Waals surface area contributed by atoms with E-state index in [1.165, 1.54) is 0 Å². The second-order valence-electron chi connectivity index (χ2n) is 6.36. The minimum absolute atomic E-state index is 0.0994. The highest BCUT2D eigenvalue weighted by Gasteiger charge is 2.16. The van der Waals surface area contributed by atoms with E-state index < -0.39 is 5.97 Å². The normalized spacial score (nSPS) is 11.7. The molecule has 0 aliphatic carbocycles. The van der Waals surface area contributed by atoms with E-state index in [1.54, 1.807) is 42.5 Å². The van der Waals surface area contributed by atoms with Crippen LogP contribution < -0.4 is 10.1 Å². The van der Waals surface area contributed by atoms with Crippen molar-refractivity contribution in [1.82, 2.24) is 5.32 Å². The zero-order valence-corrected chi connectivity index (χ0v) is 16.3. The van der Waals surface area contributed by atoms with Gasteiger partial charge < -0.3 is 15.2 Å². The van der Waals surface area contributed by atoms with Gasteiger partial charge in [0.2, 0.25) is 5.91 Å². The molecule has 2 aromatic rings. The summed E-state index contributed by atoms with van der Waals surface area (Å²) in [7, 11) is 0. The third-order valence-corrected chi connectivity index (χ3v) is 4.40. The number of hydrogen-bond acceptors (Lipinski definition) is 3. The van der Waals surface area contributed by atoms with Gasteiger partial charge in [-0.05, 0) is 48.7 Å². The molecule has 6 heteroatoms. The lowest BCUT2D eigenvalue weighted by molar-refractivity contribution is -0.121. The van der Waals surface area contributed by atoms with E-state index in [1.807, 2.05) is 13.8 Å². The smallest absolute Gasteiger partial charge is 0.339 e. The number of carboxylic acids is 1. The van der Waals surface area contributed by atoms with Gasteiger partial charge in [-0.2, -0.15) is 0 Å². The predicted molar refractivity (Wildman–Crippen MR) is 106 cm³/mol. The molecule has 1 atom stereocenters. The van der Waals surface area contributed by atoms with Crippen molar-refractivity contribution >= 4 is 23.5 Å². The highest BCUT2D eigenvalue weighted by molar-refractivity contribution is 6.30. The first-order valence-electron chi connectivity index (χ1n) is 8.94. The van der Waals surface area contributed by atoms with Gasteiger partial charge in [-0.15, -0.1) is 0 Å². The molecule has 0 heterocycles. The fourth-order valence-electron chi connectivity index (χ4n) is 2.60. The summed E-state index contributed by atoms with van der Waals surface area (Å²) in [5.41, 5.74) is 1.66. The van der Waals surface area contributed by atoms with E-state index in [0.717, 1.165) is 18.4 Å². The van der Waals surface area contributed by atoms with E-state index in [0.29, 0.717) is 22.9 Å². The van der Waals surface area contributed by atoms with Crippen LogP contribution in [0.15, 0.2) is 42.5 Å². The number of benzene rings is 2. The quantitative estimate of drug-likeness (QED) is 0.613. The fraction of sp³-hybridized carbons (Fsp3) is 0.333. The first-order valence-corrected chi connectivity index (χ1v) is 9.32. The summed E-state index contributed by atoms with van der Waals surface area (Å²) in [4.78, 5) is 23.8. The molecule has 2 N–H and O–H groups in total. The lowest BCUT2D eigenvalue weighted by Crippen LogP contribution is -2.28. The van der Waals surface area contributed by atoms with Gasteiger partial charge in [0, 0.05) is 5.02 Å². The molecular weight excluding hydrogens is 366 g/mol. The van der Waals surface area contributed by atoms with Gasteiger partial charge in [0.15, 0.2) is 0 Å². The molecule has 1 unspecified atom stereocenters. The number of carboxylic acid groups (broad SMARTS) is 1. The van der Waals surface area contributed by atoms with Crippen molar-refractivity contribution in [2.75, 3.05) is 6.61 Å². The molecule has 0 saturated heterocycles. The summed E-state index contributed by atoms with van der Waals surface area (Å²) in [5, 5.41) is 13.0. The highest BCUT2D eigenvalue weighted by Crippen LogP contribution is 2.24. The molecule has 0 spiro atoms. The van der Waals surface area contributed by atoms with Crippen LogP contribution in [0.4, 0.5) is 0 Å². The fourth-order valence-corrected chi connectivity index (χ4v) is 2.73. The number of ether oxygens (including phenoxy) is 1. The molecular formula is C21H24ClNO4. The summed E-state index contributed by atoms with van der Waals surface area (Å²) in [6, 6.07) is 11.7. The largest absolute Gasteiger partial charge is 0.493 e. The van der Waals surface area contributed by atoms with Crippen molar-refractivity contribution in [3.8, 4) is 5.75 Å². The Morgan fingerprint density at radius 2 is 1.89 bits per heavy atom. The number of rotatable bonds is 9. The lowest BCUT2D eigenvalue weighted by atomic mass is 10.0.